The van der Waals surface area contributed by atoms with Crippen LogP contribution in [-0.4, -0.2) is 19.0 Å². The molecule has 0 fully saturated rings. The molecule has 21 heavy (non-hydrogen) atoms. The molecule has 0 atom stereocenters. The number of esters is 1. The third-order valence-electron chi connectivity index (χ3n) is 2.96. The smallest absolute Gasteiger partial charge is 0.338 e. The molecule has 0 saturated heterocycles. The summed E-state index contributed by atoms with van der Waals surface area (Å²) in [7, 11) is 1.32. The summed E-state index contributed by atoms with van der Waals surface area (Å²) >= 11 is 0. The Morgan fingerprint density at radius 3 is 2.29 bits per heavy atom. The van der Waals surface area contributed by atoms with Gasteiger partial charge in [0.05, 0.1) is 18.2 Å². The molecule has 0 spiro atoms. The molecule has 2 aromatic carbocycles. The van der Waals surface area contributed by atoms with Gasteiger partial charge in [0.15, 0.2) is 0 Å². The molecule has 2 rings (SSSR count). The van der Waals surface area contributed by atoms with Crippen molar-refractivity contribution in [3.63, 3.8) is 0 Å². The summed E-state index contributed by atoms with van der Waals surface area (Å²) < 4.78 is 10.3. The Balaban J connectivity index is 2.21. The van der Waals surface area contributed by atoms with Crippen LogP contribution in [0.1, 0.15) is 26.3 Å². The van der Waals surface area contributed by atoms with Gasteiger partial charge in [0.2, 0.25) is 0 Å². The number of hydrogen-bond acceptors (Lipinski definition) is 4. The zero-order valence-electron chi connectivity index (χ0n) is 11.5. The van der Waals surface area contributed by atoms with E-state index in [0.29, 0.717) is 22.4 Å². The zero-order chi connectivity index (χ0) is 15.2. The first kappa shape index (κ1) is 14.6. The number of amides is 1. The molecule has 0 aliphatic heterocycles. The van der Waals surface area contributed by atoms with E-state index in [2.05, 4.69) is 0 Å². The highest BCUT2D eigenvalue weighted by Gasteiger charge is 2.13. The van der Waals surface area contributed by atoms with Crippen molar-refractivity contribution < 1.29 is 19.1 Å². The van der Waals surface area contributed by atoms with Gasteiger partial charge < -0.3 is 15.2 Å². The van der Waals surface area contributed by atoms with Crippen LogP contribution in [0.3, 0.4) is 0 Å². The molecule has 2 N–H and O–H groups in total. The number of primary amides is 1. The van der Waals surface area contributed by atoms with E-state index in [-0.39, 0.29) is 6.61 Å². The van der Waals surface area contributed by atoms with Crippen LogP contribution in [-0.2, 0) is 11.3 Å². The molecule has 0 radical (unpaired) electrons. The molecule has 0 heterocycles. The first-order valence-corrected chi connectivity index (χ1v) is 6.31. The van der Waals surface area contributed by atoms with Crippen LogP contribution < -0.4 is 10.5 Å². The molecule has 0 aliphatic rings. The largest absolute Gasteiger partial charge is 0.488 e. The minimum atomic E-state index is -0.563. The maximum Gasteiger partial charge on any atom is 0.338 e. The van der Waals surface area contributed by atoms with Crippen molar-refractivity contribution in [3.05, 3.63) is 65.2 Å². The lowest BCUT2D eigenvalue weighted by Gasteiger charge is -2.11. The van der Waals surface area contributed by atoms with Crippen LogP contribution in [0, 0.1) is 0 Å². The monoisotopic (exact) mass is 285 g/mol. The van der Waals surface area contributed by atoms with E-state index in [9.17, 15) is 9.59 Å². The van der Waals surface area contributed by atoms with Gasteiger partial charge in [-0.3, -0.25) is 4.79 Å². The van der Waals surface area contributed by atoms with E-state index in [0.717, 1.165) is 0 Å². The Morgan fingerprint density at radius 2 is 1.62 bits per heavy atom. The number of carbonyl (C=O) groups excluding carboxylic acids is 2. The summed E-state index contributed by atoms with van der Waals surface area (Å²) in [5, 5.41) is 0. The molecule has 0 unspecified atom stereocenters. The Kier molecular flexibility index (Phi) is 4.56. The van der Waals surface area contributed by atoms with Gasteiger partial charge in [0.1, 0.15) is 12.4 Å². The summed E-state index contributed by atoms with van der Waals surface area (Å²) in [5.74, 6) is -0.617. The molecule has 2 aromatic rings. The van der Waals surface area contributed by atoms with E-state index < -0.39 is 11.9 Å². The summed E-state index contributed by atoms with van der Waals surface area (Å²) in [4.78, 5) is 23.0. The topological polar surface area (TPSA) is 78.6 Å². The Hall–Kier alpha value is -2.82. The molecule has 0 bridgehead atoms. The van der Waals surface area contributed by atoms with Crippen LogP contribution in [0.5, 0.6) is 5.75 Å². The highest BCUT2D eigenvalue weighted by atomic mass is 16.5. The maximum absolute atomic E-state index is 11.7. The van der Waals surface area contributed by atoms with E-state index in [1.54, 1.807) is 48.5 Å². The number of para-hydroxylation sites is 1. The quantitative estimate of drug-likeness (QED) is 0.854. The summed E-state index contributed by atoms with van der Waals surface area (Å²) in [6.07, 6.45) is 0. The second-order valence-electron chi connectivity index (χ2n) is 4.30. The van der Waals surface area contributed by atoms with Gasteiger partial charge in [-0.2, -0.15) is 0 Å². The van der Waals surface area contributed by atoms with Crippen LogP contribution in [0.25, 0.3) is 0 Å². The molecule has 0 saturated carbocycles. The van der Waals surface area contributed by atoms with Gasteiger partial charge in [-0.1, -0.05) is 30.3 Å². The lowest BCUT2D eigenvalue weighted by Crippen LogP contribution is -2.13. The number of ether oxygens (including phenoxy) is 2. The molecular weight excluding hydrogens is 270 g/mol. The fourth-order valence-corrected chi connectivity index (χ4v) is 1.91. The van der Waals surface area contributed by atoms with Gasteiger partial charge in [-0.15, -0.1) is 0 Å². The van der Waals surface area contributed by atoms with Crippen molar-refractivity contribution in [2.45, 2.75) is 6.61 Å². The second kappa shape index (κ2) is 6.56. The first-order valence-electron chi connectivity index (χ1n) is 6.31. The number of methoxy groups -OCH3 is 1. The minimum absolute atomic E-state index is 0.134. The lowest BCUT2D eigenvalue weighted by molar-refractivity contribution is 0.0597. The van der Waals surface area contributed by atoms with Crippen LogP contribution in [0.2, 0.25) is 0 Å². The Morgan fingerprint density at radius 1 is 1.00 bits per heavy atom. The van der Waals surface area contributed by atoms with Crippen molar-refractivity contribution in [3.8, 4) is 5.75 Å². The fourth-order valence-electron chi connectivity index (χ4n) is 1.91. The Bertz CT molecular complexity index is 667. The minimum Gasteiger partial charge on any atom is -0.488 e. The molecule has 5 heteroatoms. The lowest BCUT2D eigenvalue weighted by atomic mass is 10.1. The molecule has 1 amide bonds. The highest BCUT2D eigenvalue weighted by molar-refractivity contribution is 5.95. The number of rotatable bonds is 5. The van der Waals surface area contributed by atoms with E-state index >= 15 is 0 Å². The van der Waals surface area contributed by atoms with Crippen molar-refractivity contribution in [2.24, 2.45) is 5.73 Å². The van der Waals surface area contributed by atoms with Crippen molar-refractivity contribution >= 4 is 11.9 Å². The van der Waals surface area contributed by atoms with Gasteiger partial charge in [-0.05, 0) is 18.2 Å². The van der Waals surface area contributed by atoms with E-state index in [1.807, 2.05) is 0 Å². The summed E-state index contributed by atoms with van der Waals surface area (Å²) in [5.41, 5.74) is 6.69. The normalized spacial score (nSPS) is 9.95. The van der Waals surface area contributed by atoms with Gasteiger partial charge in [-0.25, -0.2) is 4.79 Å². The predicted molar refractivity (Wildman–Crippen MR) is 77.1 cm³/mol. The Labute approximate surface area is 122 Å². The second-order valence-corrected chi connectivity index (χ2v) is 4.30. The van der Waals surface area contributed by atoms with Gasteiger partial charge in [0.25, 0.3) is 5.91 Å². The molecule has 0 aliphatic carbocycles. The average molecular weight is 285 g/mol. The average Bonchev–Trinajstić information content (AvgIpc) is 2.52. The third kappa shape index (κ3) is 3.39. The summed E-state index contributed by atoms with van der Waals surface area (Å²) in [6.45, 7) is 0.134. The zero-order valence-corrected chi connectivity index (χ0v) is 11.5. The molecule has 108 valence electrons. The molecule has 5 nitrogen and oxygen atoms in total. The number of nitrogens with two attached hydrogens (primary N) is 1. The summed E-state index contributed by atoms with van der Waals surface area (Å²) in [6, 6.07) is 13.6. The van der Waals surface area contributed by atoms with Crippen molar-refractivity contribution in [1.29, 1.82) is 0 Å². The van der Waals surface area contributed by atoms with Crippen LogP contribution >= 0.6 is 0 Å². The van der Waals surface area contributed by atoms with E-state index in [4.69, 9.17) is 15.2 Å². The highest BCUT2D eigenvalue weighted by Crippen LogP contribution is 2.20. The maximum atomic E-state index is 11.7. The number of hydrogen-bond donors (Lipinski definition) is 1. The molecule has 0 aromatic heterocycles. The predicted octanol–water partition coefficient (Wildman–Crippen LogP) is 2.15. The van der Waals surface area contributed by atoms with Crippen LogP contribution in [0.15, 0.2) is 48.5 Å². The van der Waals surface area contributed by atoms with E-state index in [1.165, 1.54) is 7.11 Å². The first-order chi connectivity index (χ1) is 10.1. The van der Waals surface area contributed by atoms with Crippen molar-refractivity contribution in [2.75, 3.05) is 7.11 Å². The molecular formula is C16H15NO4. The third-order valence-corrected chi connectivity index (χ3v) is 2.96. The number of carbonyl (C=O) groups is 2. The standard InChI is InChI=1S/C16H15NO4/c1-20-16(19)12-7-3-2-6-11(12)10-21-14-9-5-4-8-13(14)15(17)18/h2-9H,10H2,1H3,(H2,17,18). The number of benzene rings is 2. The van der Waals surface area contributed by atoms with Gasteiger partial charge >= 0.3 is 5.97 Å². The van der Waals surface area contributed by atoms with Crippen molar-refractivity contribution in [1.82, 2.24) is 0 Å². The van der Waals surface area contributed by atoms with Crippen LogP contribution in [0.4, 0.5) is 0 Å². The van der Waals surface area contributed by atoms with Gasteiger partial charge in [0, 0.05) is 5.56 Å². The SMILES string of the molecule is COC(=O)c1ccccc1COc1ccccc1C(N)=O. The fraction of sp³-hybridized carbons (Fsp3) is 0.125.